The fourth-order valence-corrected chi connectivity index (χ4v) is 2.34. The van der Waals surface area contributed by atoms with Crippen LogP contribution in [-0.4, -0.2) is 29.8 Å². The molecule has 1 aliphatic rings. The van der Waals surface area contributed by atoms with E-state index in [2.05, 4.69) is 0 Å². The van der Waals surface area contributed by atoms with Crippen molar-refractivity contribution in [2.24, 2.45) is 17.6 Å². The Kier molecular flexibility index (Phi) is 3.50. The summed E-state index contributed by atoms with van der Waals surface area (Å²) in [5, 5.41) is 0. The minimum absolute atomic E-state index is 0.0649. The number of hydrogen-bond acceptors (Lipinski definition) is 2. The van der Waals surface area contributed by atoms with Crippen LogP contribution in [-0.2, 0) is 4.79 Å². The zero-order chi connectivity index (χ0) is 14.2. The molecule has 0 aromatic heterocycles. The quantitative estimate of drug-likeness (QED) is 0.874. The van der Waals surface area contributed by atoms with Gasteiger partial charge in [0, 0.05) is 19.2 Å². The van der Waals surface area contributed by atoms with Crippen LogP contribution in [0.25, 0.3) is 0 Å². The Labute approximate surface area is 109 Å². The second-order valence-corrected chi connectivity index (χ2v) is 4.82. The summed E-state index contributed by atoms with van der Waals surface area (Å²) >= 11 is 0. The summed E-state index contributed by atoms with van der Waals surface area (Å²) in [5.74, 6) is -3.15. The highest BCUT2D eigenvalue weighted by Crippen LogP contribution is 2.25. The smallest absolute Gasteiger partial charge is 0.256 e. The van der Waals surface area contributed by atoms with E-state index in [0.29, 0.717) is 12.6 Å². The Bertz CT molecular complexity index is 533. The van der Waals surface area contributed by atoms with Gasteiger partial charge in [0.15, 0.2) is 0 Å². The largest absolute Gasteiger partial charge is 0.369 e. The van der Waals surface area contributed by atoms with Crippen LogP contribution in [0.5, 0.6) is 0 Å². The number of halogens is 2. The number of likely N-dealkylation sites (tertiary alicyclic amines) is 1. The molecule has 1 saturated heterocycles. The predicted molar refractivity (Wildman–Crippen MR) is 64.1 cm³/mol. The number of primary amides is 1. The Morgan fingerprint density at radius 2 is 2.00 bits per heavy atom. The number of nitrogens with zero attached hydrogens (tertiary/aromatic N) is 1. The number of hydrogen-bond donors (Lipinski definition) is 1. The van der Waals surface area contributed by atoms with E-state index < -0.39 is 29.4 Å². The summed E-state index contributed by atoms with van der Waals surface area (Å²) in [5.41, 5.74) is 5.04. The van der Waals surface area contributed by atoms with Gasteiger partial charge in [0.05, 0.1) is 11.5 Å². The molecule has 1 aromatic carbocycles. The molecule has 0 bridgehead atoms. The van der Waals surface area contributed by atoms with Crippen molar-refractivity contribution in [3.63, 3.8) is 0 Å². The van der Waals surface area contributed by atoms with E-state index in [9.17, 15) is 18.4 Å². The van der Waals surface area contributed by atoms with Gasteiger partial charge in [0.1, 0.15) is 11.6 Å². The van der Waals surface area contributed by atoms with Gasteiger partial charge in [0.2, 0.25) is 5.91 Å². The lowest BCUT2D eigenvalue weighted by molar-refractivity contribution is -0.122. The Morgan fingerprint density at radius 1 is 1.32 bits per heavy atom. The lowest BCUT2D eigenvalue weighted by atomic mass is 9.98. The fraction of sp³-hybridized carbons (Fsp3) is 0.385. The van der Waals surface area contributed by atoms with Crippen LogP contribution >= 0.6 is 0 Å². The molecule has 1 fully saturated rings. The lowest BCUT2D eigenvalue weighted by Gasteiger charge is -2.16. The van der Waals surface area contributed by atoms with Crippen LogP contribution in [0.2, 0.25) is 0 Å². The van der Waals surface area contributed by atoms with Gasteiger partial charge in [-0.25, -0.2) is 8.78 Å². The first kappa shape index (κ1) is 13.5. The van der Waals surface area contributed by atoms with Crippen molar-refractivity contribution in [3.8, 4) is 0 Å². The van der Waals surface area contributed by atoms with Crippen molar-refractivity contribution in [2.45, 2.75) is 6.92 Å². The van der Waals surface area contributed by atoms with Gasteiger partial charge >= 0.3 is 0 Å². The number of amides is 2. The molecule has 2 atom stereocenters. The third-order valence-corrected chi connectivity index (χ3v) is 3.43. The first-order chi connectivity index (χ1) is 8.90. The van der Waals surface area contributed by atoms with Crippen LogP contribution in [0.4, 0.5) is 8.78 Å². The van der Waals surface area contributed by atoms with Crippen molar-refractivity contribution in [1.82, 2.24) is 4.90 Å². The molecule has 0 spiro atoms. The van der Waals surface area contributed by atoms with E-state index in [1.165, 1.54) is 4.90 Å². The normalized spacial score (nSPS) is 22.6. The van der Waals surface area contributed by atoms with Crippen LogP contribution in [0.15, 0.2) is 18.2 Å². The number of benzene rings is 1. The maximum atomic E-state index is 13.5. The van der Waals surface area contributed by atoms with Crippen molar-refractivity contribution >= 4 is 11.8 Å². The lowest BCUT2D eigenvalue weighted by Crippen LogP contribution is -2.32. The van der Waals surface area contributed by atoms with Crippen LogP contribution in [0.3, 0.4) is 0 Å². The Hall–Kier alpha value is -1.98. The second-order valence-electron chi connectivity index (χ2n) is 4.82. The number of carbonyl (C=O) groups excluding carboxylic acids is 2. The third-order valence-electron chi connectivity index (χ3n) is 3.43. The van der Waals surface area contributed by atoms with E-state index in [1.54, 1.807) is 0 Å². The standard InChI is InChI=1S/C13H14F2N2O2/c1-7-5-17(6-10(7)12(16)18)13(19)9-3-2-8(14)4-11(9)15/h2-4,7,10H,5-6H2,1H3,(H2,16,18)/t7-,10-/m1/s1. The summed E-state index contributed by atoms with van der Waals surface area (Å²) in [6, 6.07) is 2.80. The zero-order valence-corrected chi connectivity index (χ0v) is 10.4. The van der Waals surface area contributed by atoms with Gasteiger partial charge < -0.3 is 10.6 Å². The molecule has 2 N–H and O–H groups in total. The monoisotopic (exact) mass is 268 g/mol. The molecule has 4 nitrogen and oxygen atoms in total. The van der Waals surface area contributed by atoms with Crippen molar-refractivity contribution < 1.29 is 18.4 Å². The fourth-order valence-electron chi connectivity index (χ4n) is 2.34. The molecule has 1 heterocycles. The minimum atomic E-state index is -0.903. The van der Waals surface area contributed by atoms with E-state index in [4.69, 9.17) is 5.73 Å². The van der Waals surface area contributed by atoms with Gasteiger partial charge in [-0.1, -0.05) is 6.92 Å². The number of nitrogens with two attached hydrogens (primary N) is 1. The second kappa shape index (κ2) is 4.95. The zero-order valence-electron chi connectivity index (χ0n) is 10.4. The first-order valence-corrected chi connectivity index (χ1v) is 5.93. The van der Waals surface area contributed by atoms with Crippen molar-refractivity contribution in [2.75, 3.05) is 13.1 Å². The highest BCUT2D eigenvalue weighted by molar-refractivity contribution is 5.95. The number of rotatable bonds is 2. The highest BCUT2D eigenvalue weighted by atomic mass is 19.1. The summed E-state index contributed by atoms with van der Waals surface area (Å²) in [6.45, 7) is 2.32. The SMILES string of the molecule is C[C@@H]1CN(C(=O)c2ccc(F)cc2F)C[C@H]1C(N)=O. The van der Waals surface area contributed by atoms with Crippen LogP contribution in [0.1, 0.15) is 17.3 Å². The highest BCUT2D eigenvalue weighted by Gasteiger charge is 2.36. The van der Waals surface area contributed by atoms with Gasteiger partial charge in [-0.15, -0.1) is 0 Å². The molecule has 2 rings (SSSR count). The van der Waals surface area contributed by atoms with Gasteiger partial charge in [-0.2, -0.15) is 0 Å². The van der Waals surface area contributed by atoms with Gasteiger partial charge in [0.25, 0.3) is 5.91 Å². The van der Waals surface area contributed by atoms with Crippen molar-refractivity contribution in [3.05, 3.63) is 35.4 Å². The molecular formula is C13H14F2N2O2. The van der Waals surface area contributed by atoms with Gasteiger partial charge in [-0.05, 0) is 18.1 Å². The summed E-state index contributed by atoms with van der Waals surface area (Å²) < 4.78 is 26.3. The molecule has 0 saturated carbocycles. The maximum Gasteiger partial charge on any atom is 0.256 e. The van der Waals surface area contributed by atoms with Crippen molar-refractivity contribution in [1.29, 1.82) is 0 Å². The first-order valence-electron chi connectivity index (χ1n) is 5.93. The molecule has 6 heteroatoms. The Balaban J connectivity index is 2.19. The average molecular weight is 268 g/mol. The van der Waals surface area contributed by atoms with E-state index >= 15 is 0 Å². The minimum Gasteiger partial charge on any atom is -0.369 e. The molecule has 0 aliphatic carbocycles. The van der Waals surface area contributed by atoms with Crippen LogP contribution in [0, 0.1) is 23.5 Å². The number of carbonyl (C=O) groups is 2. The van der Waals surface area contributed by atoms with E-state index in [-0.39, 0.29) is 18.0 Å². The maximum absolute atomic E-state index is 13.5. The molecule has 19 heavy (non-hydrogen) atoms. The van der Waals surface area contributed by atoms with E-state index in [0.717, 1.165) is 12.1 Å². The summed E-state index contributed by atoms with van der Waals surface area (Å²) in [7, 11) is 0. The Morgan fingerprint density at radius 3 is 2.53 bits per heavy atom. The molecule has 0 radical (unpaired) electrons. The molecule has 102 valence electrons. The molecule has 0 unspecified atom stereocenters. The molecule has 1 aromatic rings. The van der Waals surface area contributed by atoms with E-state index in [1.807, 2.05) is 6.92 Å². The average Bonchev–Trinajstić information content (AvgIpc) is 2.70. The topological polar surface area (TPSA) is 63.4 Å². The predicted octanol–water partition coefficient (Wildman–Crippen LogP) is 1.16. The van der Waals surface area contributed by atoms with Gasteiger partial charge in [-0.3, -0.25) is 9.59 Å². The third kappa shape index (κ3) is 2.57. The van der Waals surface area contributed by atoms with Crippen LogP contribution < -0.4 is 5.73 Å². The molecule has 1 aliphatic heterocycles. The summed E-state index contributed by atoms with van der Waals surface area (Å²) in [6.07, 6.45) is 0. The molecular weight excluding hydrogens is 254 g/mol. The molecule has 2 amide bonds. The summed E-state index contributed by atoms with van der Waals surface area (Å²) in [4.78, 5) is 24.7.